The first-order valence-electron chi connectivity index (χ1n) is 16.4. The summed E-state index contributed by atoms with van der Waals surface area (Å²) in [4.78, 5) is 0. The van der Waals surface area contributed by atoms with Gasteiger partial charge in [0.25, 0.3) is 0 Å². The molecule has 2 heterocycles. The summed E-state index contributed by atoms with van der Waals surface area (Å²) in [7, 11) is 1.70. The van der Waals surface area contributed by atoms with Gasteiger partial charge in [0.2, 0.25) is 0 Å². The Kier molecular flexibility index (Phi) is 7.65. The van der Waals surface area contributed by atoms with Crippen molar-refractivity contribution >= 4 is 0 Å². The lowest BCUT2D eigenvalue weighted by Gasteiger charge is -2.62. The molecule has 2 aliphatic heterocycles. The van der Waals surface area contributed by atoms with Gasteiger partial charge in [-0.05, 0) is 105 Å². The van der Waals surface area contributed by atoms with Gasteiger partial charge in [-0.25, -0.2) is 0 Å². The summed E-state index contributed by atoms with van der Waals surface area (Å²) in [6.45, 7) is 4.53. The third kappa shape index (κ3) is 4.82. The number of benzene rings is 1. The largest absolute Gasteiger partial charge is 0.497 e. The first kappa shape index (κ1) is 29.1. The molecule has 0 amide bonds. The van der Waals surface area contributed by atoms with Crippen LogP contribution >= 0.6 is 0 Å². The van der Waals surface area contributed by atoms with Gasteiger partial charge in [0.1, 0.15) is 18.0 Å². The summed E-state index contributed by atoms with van der Waals surface area (Å²) in [6.07, 6.45) is 9.42. The van der Waals surface area contributed by atoms with E-state index in [1.165, 1.54) is 5.56 Å². The predicted molar refractivity (Wildman–Crippen MR) is 157 cm³/mol. The third-order valence-electron chi connectivity index (χ3n) is 12.3. The normalized spacial score (nSPS) is 44.0. The highest BCUT2D eigenvalue weighted by Gasteiger charge is 2.67. The molecule has 4 aliphatic carbocycles. The molecule has 0 aromatic heterocycles. The van der Waals surface area contributed by atoms with Crippen molar-refractivity contribution < 1.29 is 33.9 Å². The first-order valence-corrected chi connectivity index (χ1v) is 16.4. The van der Waals surface area contributed by atoms with Crippen LogP contribution in [0.1, 0.15) is 89.0 Å². The molecule has 6 aliphatic rings. The molecule has 7 nitrogen and oxygen atoms in total. The Morgan fingerprint density at radius 2 is 1.71 bits per heavy atom. The minimum absolute atomic E-state index is 0.176. The van der Waals surface area contributed by atoms with E-state index in [9.17, 15) is 10.2 Å². The molecule has 0 radical (unpaired) electrons. The molecule has 230 valence electrons. The maximum absolute atomic E-state index is 12.3. The zero-order valence-electron chi connectivity index (χ0n) is 25.3. The van der Waals surface area contributed by atoms with Gasteiger partial charge in [0, 0.05) is 24.9 Å². The van der Waals surface area contributed by atoms with Crippen molar-refractivity contribution in [3.05, 3.63) is 29.8 Å². The second kappa shape index (κ2) is 11.1. The smallest absolute Gasteiger partial charge is 0.171 e. The highest BCUT2D eigenvalue weighted by molar-refractivity contribution is 5.34. The Bertz CT molecular complexity index is 1180. The highest BCUT2D eigenvalue weighted by atomic mass is 16.7. The summed E-state index contributed by atoms with van der Waals surface area (Å²) in [6, 6.07) is 8.50. The molecule has 4 saturated carbocycles. The van der Waals surface area contributed by atoms with E-state index in [1.807, 2.05) is 0 Å². The topological polar surface area (TPSA) is 86.6 Å². The minimum Gasteiger partial charge on any atom is -0.497 e. The summed E-state index contributed by atoms with van der Waals surface area (Å²) < 4.78 is 29.3. The summed E-state index contributed by atoms with van der Waals surface area (Å²) in [5.74, 6) is 8.26. The zero-order valence-corrected chi connectivity index (χ0v) is 25.3. The number of hydrogen-bond acceptors (Lipinski definition) is 7. The Morgan fingerprint density at radius 3 is 2.45 bits per heavy atom. The van der Waals surface area contributed by atoms with Gasteiger partial charge in [0.05, 0.1) is 25.9 Å². The standard InChI is InChI=1S/C35H48O7/c1-32-22-27(24-7-9-25(38-2)10-8-24)31-26(11-15-33(36)23-35(17-13-29(31)33)41-20-21-42-35)28(32)12-16-34(32,37)14-5-19-40-30-6-3-4-18-39-30/h7-10,26-31,36-37H,3-4,6,11-13,15-23H2,1-2H3/t26-,27+,28+,29+,30?,31+,32-,33+,34+/m0/s1. The predicted octanol–water partition coefficient (Wildman–Crippen LogP) is 5.18. The number of rotatable bonds is 4. The fraction of sp³-hybridized carbons (Fsp3) is 0.771. The minimum atomic E-state index is -1.07. The van der Waals surface area contributed by atoms with Crippen molar-refractivity contribution in [2.75, 3.05) is 33.5 Å². The number of hydrogen-bond donors (Lipinski definition) is 2. The van der Waals surface area contributed by atoms with Crippen LogP contribution in [0.2, 0.25) is 0 Å². The van der Waals surface area contributed by atoms with E-state index in [2.05, 4.69) is 43.0 Å². The average molecular weight is 581 g/mol. The van der Waals surface area contributed by atoms with Crippen molar-refractivity contribution in [1.82, 2.24) is 0 Å². The van der Waals surface area contributed by atoms with Crippen molar-refractivity contribution in [2.24, 2.45) is 29.1 Å². The molecule has 2 N–H and O–H groups in total. The lowest BCUT2D eigenvalue weighted by atomic mass is 9.44. The Balaban J connectivity index is 1.19. The Morgan fingerprint density at radius 1 is 0.929 bits per heavy atom. The van der Waals surface area contributed by atoms with E-state index >= 15 is 0 Å². The van der Waals surface area contributed by atoms with Crippen molar-refractivity contribution in [1.29, 1.82) is 0 Å². The van der Waals surface area contributed by atoms with E-state index < -0.39 is 17.0 Å². The van der Waals surface area contributed by atoms with Crippen LogP contribution in [0, 0.1) is 40.9 Å². The van der Waals surface area contributed by atoms with Crippen LogP contribution in [-0.4, -0.2) is 67.0 Å². The van der Waals surface area contributed by atoms with Crippen molar-refractivity contribution in [2.45, 2.75) is 107 Å². The fourth-order valence-corrected chi connectivity index (χ4v) is 10.3. The number of aliphatic hydroxyl groups is 2. The van der Waals surface area contributed by atoms with Gasteiger partial charge in [-0.2, -0.15) is 0 Å². The van der Waals surface area contributed by atoms with Gasteiger partial charge in [0.15, 0.2) is 12.1 Å². The second-order valence-corrected chi connectivity index (χ2v) is 14.2. The molecule has 1 unspecified atom stereocenters. The molecule has 42 heavy (non-hydrogen) atoms. The molecule has 1 spiro atoms. The molecule has 7 heteroatoms. The average Bonchev–Trinajstić information content (AvgIpc) is 3.56. The number of fused-ring (bicyclic) bond motifs is 5. The van der Waals surface area contributed by atoms with E-state index in [4.69, 9.17) is 23.7 Å². The van der Waals surface area contributed by atoms with Gasteiger partial charge in [-0.1, -0.05) is 30.9 Å². The van der Waals surface area contributed by atoms with Crippen LogP contribution in [0.15, 0.2) is 24.3 Å². The number of methoxy groups -OCH3 is 1. The summed E-state index contributed by atoms with van der Waals surface area (Å²) in [5.41, 5.74) is -0.950. The molecular weight excluding hydrogens is 532 g/mol. The highest BCUT2D eigenvalue weighted by Crippen LogP contribution is 2.69. The molecule has 2 saturated heterocycles. The monoisotopic (exact) mass is 580 g/mol. The zero-order chi connectivity index (χ0) is 29.0. The lowest BCUT2D eigenvalue weighted by molar-refractivity contribution is -0.259. The number of ether oxygens (including phenoxy) is 5. The maximum Gasteiger partial charge on any atom is 0.171 e. The van der Waals surface area contributed by atoms with Crippen molar-refractivity contribution in [3.63, 3.8) is 0 Å². The summed E-state index contributed by atoms with van der Waals surface area (Å²) >= 11 is 0. The van der Waals surface area contributed by atoms with Crippen LogP contribution in [0.3, 0.4) is 0 Å². The first-order chi connectivity index (χ1) is 20.3. The van der Waals surface area contributed by atoms with Gasteiger partial charge >= 0.3 is 0 Å². The second-order valence-electron chi connectivity index (χ2n) is 14.2. The van der Waals surface area contributed by atoms with Crippen LogP contribution < -0.4 is 4.74 Å². The van der Waals surface area contributed by atoms with Crippen molar-refractivity contribution in [3.8, 4) is 17.6 Å². The Labute approximate surface area is 250 Å². The van der Waals surface area contributed by atoms with Crippen LogP contribution in [-0.2, 0) is 18.9 Å². The summed E-state index contributed by atoms with van der Waals surface area (Å²) in [5, 5.41) is 24.6. The quantitative estimate of drug-likeness (QED) is 0.475. The van der Waals surface area contributed by atoms with E-state index in [0.29, 0.717) is 43.8 Å². The third-order valence-corrected chi connectivity index (χ3v) is 12.3. The molecule has 7 rings (SSSR count). The molecular formula is C35H48O7. The van der Waals surface area contributed by atoms with Gasteiger partial charge in [-0.15, -0.1) is 0 Å². The Hall–Kier alpha value is -1.66. The maximum atomic E-state index is 12.3. The van der Waals surface area contributed by atoms with E-state index in [1.54, 1.807) is 7.11 Å². The van der Waals surface area contributed by atoms with Gasteiger partial charge < -0.3 is 33.9 Å². The fourth-order valence-electron chi connectivity index (χ4n) is 10.3. The van der Waals surface area contributed by atoms with Gasteiger partial charge in [-0.3, -0.25) is 0 Å². The van der Waals surface area contributed by atoms with Crippen LogP contribution in [0.25, 0.3) is 0 Å². The molecule has 6 fully saturated rings. The molecule has 9 atom stereocenters. The van der Waals surface area contributed by atoms with Crippen LogP contribution in [0.4, 0.5) is 0 Å². The molecule has 1 aromatic carbocycles. The SMILES string of the molecule is COc1ccc([C@H]2C[C@@]3(C)[C@H](CC[C@]3(O)C#CCOC3CCCCO3)[C@@H]3CC[C@@]4(O)CC5(CC[C@@H]4[C@H]32)OCCO5)cc1. The lowest BCUT2D eigenvalue weighted by Crippen LogP contribution is -2.62. The van der Waals surface area contributed by atoms with Crippen LogP contribution in [0.5, 0.6) is 5.75 Å². The van der Waals surface area contributed by atoms with E-state index in [0.717, 1.165) is 70.1 Å². The van der Waals surface area contributed by atoms with E-state index in [-0.39, 0.29) is 30.1 Å². The molecule has 0 bridgehead atoms. The molecule has 1 aromatic rings.